The second-order valence-corrected chi connectivity index (χ2v) is 7.23. The van der Waals surface area contributed by atoms with Crippen LogP contribution in [0.2, 0.25) is 0 Å². The summed E-state index contributed by atoms with van der Waals surface area (Å²) in [6, 6.07) is 5.11. The Balaban J connectivity index is 1.80. The number of hydrogen-bond acceptors (Lipinski definition) is 2. The van der Waals surface area contributed by atoms with Crippen molar-refractivity contribution < 1.29 is 4.39 Å². The summed E-state index contributed by atoms with van der Waals surface area (Å²) < 4.78 is 14.0. The Bertz CT molecular complexity index is 373. The van der Waals surface area contributed by atoms with E-state index in [1.807, 2.05) is 17.8 Å². The first-order chi connectivity index (χ1) is 8.63. The van der Waals surface area contributed by atoms with Crippen molar-refractivity contribution in [3.8, 4) is 0 Å². The minimum absolute atomic E-state index is 0.115. The largest absolute Gasteiger partial charge is 0.327 e. The van der Waals surface area contributed by atoms with E-state index in [2.05, 4.69) is 15.9 Å². The van der Waals surface area contributed by atoms with Crippen LogP contribution in [-0.2, 0) is 6.42 Å². The van der Waals surface area contributed by atoms with Gasteiger partial charge in [0, 0.05) is 21.5 Å². The highest BCUT2D eigenvalue weighted by Crippen LogP contribution is 2.29. The zero-order valence-electron chi connectivity index (χ0n) is 10.4. The number of hydrogen-bond donors (Lipinski definition) is 1. The van der Waals surface area contributed by atoms with Gasteiger partial charge in [-0.25, -0.2) is 4.39 Å². The third-order valence-electron chi connectivity index (χ3n) is 3.27. The Hall–Kier alpha value is -0.0600. The van der Waals surface area contributed by atoms with Crippen molar-refractivity contribution in [2.45, 2.75) is 43.4 Å². The molecule has 18 heavy (non-hydrogen) atoms. The molecule has 1 atom stereocenters. The lowest BCUT2D eigenvalue weighted by atomic mass is 10.1. The molecule has 0 aromatic heterocycles. The monoisotopic (exact) mass is 331 g/mol. The van der Waals surface area contributed by atoms with Crippen LogP contribution in [0.15, 0.2) is 22.7 Å². The van der Waals surface area contributed by atoms with Crippen molar-refractivity contribution in [3.63, 3.8) is 0 Å². The molecule has 1 unspecified atom stereocenters. The Kier molecular flexibility index (Phi) is 5.52. The van der Waals surface area contributed by atoms with Crippen LogP contribution in [-0.4, -0.2) is 17.0 Å². The molecule has 0 bridgehead atoms. The van der Waals surface area contributed by atoms with Crippen LogP contribution in [0, 0.1) is 5.82 Å². The van der Waals surface area contributed by atoms with Gasteiger partial charge in [-0.1, -0.05) is 28.8 Å². The Labute approximate surface area is 121 Å². The van der Waals surface area contributed by atoms with Crippen molar-refractivity contribution in [1.29, 1.82) is 0 Å². The molecule has 4 heteroatoms. The first-order valence-corrected chi connectivity index (χ1v) is 8.30. The molecule has 0 radical (unpaired) electrons. The first kappa shape index (κ1) is 14.4. The summed E-state index contributed by atoms with van der Waals surface area (Å²) in [6.07, 6.45) is 6.15. The summed E-state index contributed by atoms with van der Waals surface area (Å²) in [7, 11) is 0. The highest BCUT2D eigenvalue weighted by atomic mass is 79.9. The summed E-state index contributed by atoms with van der Waals surface area (Å²) in [5.41, 5.74) is 7.10. The van der Waals surface area contributed by atoms with Gasteiger partial charge in [0.2, 0.25) is 0 Å². The fraction of sp³-hybridized carbons (Fsp3) is 0.571. The van der Waals surface area contributed by atoms with Crippen LogP contribution in [0.3, 0.4) is 0 Å². The Morgan fingerprint density at radius 2 is 2.06 bits per heavy atom. The van der Waals surface area contributed by atoms with Gasteiger partial charge in [0.15, 0.2) is 0 Å². The lowest BCUT2D eigenvalue weighted by molar-refractivity contribution is 0.622. The number of benzene rings is 1. The highest BCUT2D eigenvalue weighted by molar-refractivity contribution is 9.10. The molecule has 2 N–H and O–H groups in total. The van der Waals surface area contributed by atoms with Gasteiger partial charge in [0.05, 0.1) is 0 Å². The molecule has 0 spiro atoms. The number of halogens is 2. The average Bonchev–Trinajstić information content (AvgIpc) is 2.77. The molecule has 1 aliphatic rings. The highest BCUT2D eigenvalue weighted by Gasteiger charge is 2.16. The molecule has 0 amide bonds. The summed E-state index contributed by atoms with van der Waals surface area (Å²) in [4.78, 5) is 0. The number of thioether (sulfide) groups is 1. The van der Waals surface area contributed by atoms with E-state index in [-0.39, 0.29) is 11.9 Å². The third kappa shape index (κ3) is 4.56. The molecule has 0 aliphatic heterocycles. The minimum atomic E-state index is -0.199. The van der Waals surface area contributed by atoms with Crippen LogP contribution in [0.1, 0.15) is 31.2 Å². The number of rotatable bonds is 5. The van der Waals surface area contributed by atoms with E-state index in [9.17, 15) is 4.39 Å². The molecule has 1 fully saturated rings. The van der Waals surface area contributed by atoms with Crippen LogP contribution < -0.4 is 5.73 Å². The predicted octanol–water partition coefficient (Wildman–Crippen LogP) is 4.13. The molecule has 1 aromatic carbocycles. The summed E-state index contributed by atoms with van der Waals surface area (Å²) >= 11 is 5.30. The van der Waals surface area contributed by atoms with Crippen LogP contribution in [0.5, 0.6) is 0 Å². The van der Waals surface area contributed by atoms with E-state index >= 15 is 0 Å². The minimum Gasteiger partial charge on any atom is -0.327 e. The lowest BCUT2D eigenvalue weighted by Gasteiger charge is -2.15. The predicted molar refractivity (Wildman–Crippen MR) is 80.5 cm³/mol. The standard InChI is InChI=1S/C14H19BrFNS/c15-11-5-10(6-12(16)8-11)7-13(17)9-18-14-3-1-2-4-14/h5-6,8,13-14H,1-4,7,9,17H2. The zero-order chi connectivity index (χ0) is 13.0. The van der Waals surface area contributed by atoms with E-state index in [0.29, 0.717) is 0 Å². The van der Waals surface area contributed by atoms with Gasteiger partial charge in [-0.05, 0) is 43.0 Å². The second-order valence-electron chi connectivity index (χ2n) is 4.98. The van der Waals surface area contributed by atoms with E-state index in [1.54, 1.807) is 6.07 Å². The van der Waals surface area contributed by atoms with Crippen LogP contribution in [0.4, 0.5) is 4.39 Å². The molecule has 2 rings (SSSR count). The molecule has 1 aliphatic carbocycles. The Morgan fingerprint density at radius 3 is 2.72 bits per heavy atom. The van der Waals surface area contributed by atoms with Crippen molar-refractivity contribution in [1.82, 2.24) is 0 Å². The van der Waals surface area contributed by atoms with Gasteiger partial charge in [-0.2, -0.15) is 11.8 Å². The summed E-state index contributed by atoms with van der Waals surface area (Å²) in [5.74, 6) is 0.772. The molecule has 1 aromatic rings. The molecule has 0 heterocycles. The van der Waals surface area contributed by atoms with E-state index in [0.717, 1.165) is 27.5 Å². The van der Waals surface area contributed by atoms with Gasteiger partial charge in [-0.3, -0.25) is 0 Å². The van der Waals surface area contributed by atoms with Crippen LogP contribution in [0.25, 0.3) is 0 Å². The fourth-order valence-corrected chi connectivity index (χ4v) is 4.22. The topological polar surface area (TPSA) is 26.0 Å². The average molecular weight is 332 g/mol. The third-order valence-corrected chi connectivity index (χ3v) is 5.29. The van der Waals surface area contributed by atoms with Gasteiger partial charge < -0.3 is 5.73 Å². The van der Waals surface area contributed by atoms with Gasteiger partial charge >= 0.3 is 0 Å². The summed E-state index contributed by atoms with van der Waals surface area (Å²) in [6.45, 7) is 0. The van der Waals surface area contributed by atoms with Gasteiger partial charge in [-0.15, -0.1) is 0 Å². The zero-order valence-corrected chi connectivity index (χ0v) is 12.8. The van der Waals surface area contributed by atoms with Gasteiger partial charge in [0.1, 0.15) is 5.82 Å². The molecule has 100 valence electrons. The van der Waals surface area contributed by atoms with E-state index in [4.69, 9.17) is 5.73 Å². The van der Waals surface area contributed by atoms with Crippen molar-refractivity contribution in [2.75, 3.05) is 5.75 Å². The quantitative estimate of drug-likeness (QED) is 0.877. The lowest BCUT2D eigenvalue weighted by Crippen LogP contribution is -2.26. The van der Waals surface area contributed by atoms with Crippen molar-refractivity contribution in [2.24, 2.45) is 5.73 Å². The smallest absolute Gasteiger partial charge is 0.124 e. The first-order valence-electron chi connectivity index (χ1n) is 6.45. The molecule has 1 nitrogen and oxygen atoms in total. The Morgan fingerprint density at radius 1 is 1.33 bits per heavy atom. The molecular weight excluding hydrogens is 313 g/mol. The summed E-state index contributed by atoms with van der Waals surface area (Å²) in [5, 5.41) is 0.801. The van der Waals surface area contributed by atoms with Crippen molar-refractivity contribution >= 4 is 27.7 Å². The maximum atomic E-state index is 13.2. The maximum absolute atomic E-state index is 13.2. The fourth-order valence-electron chi connectivity index (χ4n) is 2.41. The molecular formula is C14H19BrFNS. The second kappa shape index (κ2) is 6.92. The molecule has 0 saturated heterocycles. The van der Waals surface area contributed by atoms with E-state index < -0.39 is 0 Å². The molecule has 1 saturated carbocycles. The maximum Gasteiger partial charge on any atom is 0.124 e. The van der Waals surface area contributed by atoms with E-state index in [1.165, 1.54) is 31.7 Å². The van der Waals surface area contributed by atoms with Gasteiger partial charge in [0.25, 0.3) is 0 Å². The normalized spacial score (nSPS) is 18.2. The van der Waals surface area contributed by atoms with Crippen molar-refractivity contribution in [3.05, 3.63) is 34.1 Å². The number of nitrogens with two attached hydrogens (primary N) is 1. The SMILES string of the molecule is NC(CSC1CCCC1)Cc1cc(F)cc(Br)c1. The van der Waals surface area contributed by atoms with Crippen LogP contribution >= 0.6 is 27.7 Å².